The summed E-state index contributed by atoms with van der Waals surface area (Å²) in [5.74, 6) is 1.05. The number of hydrogen-bond donors (Lipinski definition) is 1. The van der Waals surface area contributed by atoms with E-state index in [9.17, 15) is 4.79 Å². The molecule has 0 spiro atoms. The van der Waals surface area contributed by atoms with Crippen LogP contribution < -0.4 is 10.2 Å². The SMILES string of the molecule is Cc1ccccc1-c1nnc(SCC(=O)Nc2ccc(N3CCCCC3)cc2)n1C. The molecule has 1 aliphatic rings. The standard InChI is InChI=1S/C23H27N5OS/c1-17-8-4-5-9-20(17)22-25-26-23(27(22)2)30-16-21(29)24-18-10-12-19(13-11-18)28-14-6-3-7-15-28/h4-5,8-13H,3,6-7,14-16H2,1-2H3,(H,24,29). The van der Waals surface area contributed by atoms with Gasteiger partial charge in [-0.2, -0.15) is 0 Å². The molecule has 1 aliphatic heterocycles. The van der Waals surface area contributed by atoms with Crippen molar-refractivity contribution in [3.63, 3.8) is 0 Å². The molecule has 3 aromatic rings. The van der Waals surface area contributed by atoms with Gasteiger partial charge in [0.15, 0.2) is 11.0 Å². The van der Waals surface area contributed by atoms with Crippen LogP contribution in [0.5, 0.6) is 0 Å². The topological polar surface area (TPSA) is 63.1 Å². The molecule has 0 saturated carbocycles. The van der Waals surface area contributed by atoms with Crippen LogP contribution >= 0.6 is 11.8 Å². The molecule has 156 valence electrons. The maximum atomic E-state index is 12.4. The van der Waals surface area contributed by atoms with Crippen LogP contribution in [0.2, 0.25) is 0 Å². The van der Waals surface area contributed by atoms with Crippen LogP contribution in [0.25, 0.3) is 11.4 Å². The molecule has 1 saturated heterocycles. The van der Waals surface area contributed by atoms with Crippen LogP contribution in [0.4, 0.5) is 11.4 Å². The molecule has 6 nitrogen and oxygen atoms in total. The smallest absolute Gasteiger partial charge is 0.234 e. The fraction of sp³-hybridized carbons (Fsp3) is 0.348. The second-order valence-electron chi connectivity index (χ2n) is 7.61. The van der Waals surface area contributed by atoms with E-state index in [2.05, 4.69) is 45.5 Å². The molecular formula is C23H27N5OS. The number of anilines is 2. The van der Waals surface area contributed by atoms with Crippen molar-refractivity contribution >= 4 is 29.0 Å². The highest BCUT2D eigenvalue weighted by Gasteiger charge is 2.15. The number of rotatable bonds is 6. The minimum absolute atomic E-state index is 0.0498. The van der Waals surface area contributed by atoms with Crippen LogP contribution in [-0.2, 0) is 11.8 Å². The van der Waals surface area contributed by atoms with E-state index in [4.69, 9.17) is 0 Å². The molecule has 2 heterocycles. The molecule has 1 aromatic heterocycles. The van der Waals surface area contributed by atoms with Gasteiger partial charge in [0.1, 0.15) is 0 Å². The van der Waals surface area contributed by atoms with Gasteiger partial charge in [-0.05, 0) is 56.0 Å². The number of aromatic nitrogens is 3. The van der Waals surface area contributed by atoms with E-state index >= 15 is 0 Å². The summed E-state index contributed by atoms with van der Waals surface area (Å²) < 4.78 is 1.94. The number of piperidine rings is 1. The van der Waals surface area contributed by atoms with E-state index in [1.807, 2.05) is 41.9 Å². The molecule has 0 unspecified atom stereocenters. The van der Waals surface area contributed by atoms with E-state index in [-0.39, 0.29) is 11.7 Å². The van der Waals surface area contributed by atoms with Crippen LogP contribution in [0, 0.1) is 6.92 Å². The predicted molar refractivity (Wildman–Crippen MR) is 123 cm³/mol. The first-order chi connectivity index (χ1) is 14.6. The lowest BCUT2D eigenvalue weighted by Gasteiger charge is -2.28. The fourth-order valence-electron chi connectivity index (χ4n) is 3.73. The van der Waals surface area contributed by atoms with Crippen molar-refractivity contribution in [1.29, 1.82) is 0 Å². The first-order valence-electron chi connectivity index (χ1n) is 10.3. The number of benzene rings is 2. The average molecular weight is 422 g/mol. The summed E-state index contributed by atoms with van der Waals surface area (Å²) in [7, 11) is 1.93. The van der Waals surface area contributed by atoms with Gasteiger partial charge in [0, 0.05) is 37.1 Å². The Morgan fingerprint density at radius 3 is 2.50 bits per heavy atom. The van der Waals surface area contributed by atoms with Gasteiger partial charge in [-0.1, -0.05) is 36.0 Å². The Kier molecular flexibility index (Phi) is 6.38. The maximum absolute atomic E-state index is 12.4. The number of amides is 1. The zero-order valence-corrected chi connectivity index (χ0v) is 18.3. The van der Waals surface area contributed by atoms with Crippen LogP contribution in [-0.4, -0.2) is 39.5 Å². The van der Waals surface area contributed by atoms with Crippen LogP contribution in [0.15, 0.2) is 53.7 Å². The van der Waals surface area contributed by atoms with Gasteiger partial charge in [-0.3, -0.25) is 4.79 Å². The Morgan fingerprint density at radius 2 is 1.77 bits per heavy atom. The summed E-state index contributed by atoms with van der Waals surface area (Å²) in [4.78, 5) is 14.8. The van der Waals surface area contributed by atoms with Gasteiger partial charge in [0.05, 0.1) is 5.75 Å². The van der Waals surface area contributed by atoms with Crippen LogP contribution in [0.3, 0.4) is 0 Å². The molecule has 2 aromatic carbocycles. The number of nitrogens with one attached hydrogen (secondary N) is 1. The fourth-order valence-corrected chi connectivity index (χ4v) is 4.44. The van der Waals surface area contributed by atoms with Gasteiger partial charge in [-0.15, -0.1) is 10.2 Å². The number of hydrogen-bond acceptors (Lipinski definition) is 5. The number of nitrogens with zero attached hydrogens (tertiary/aromatic N) is 4. The highest BCUT2D eigenvalue weighted by Crippen LogP contribution is 2.25. The van der Waals surface area contributed by atoms with Gasteiger partial charge >= 0.3 is 0 Å². The molecule has 0 radical (unpaired) electrons. The Morgan fingerprint density at radius 1 is 1.03 bits per heavy atom. The van der Waals surface area contributed by atoms with Crippen molar-refractivity contribution in [3.05, 3.63) is 54.1 Å². The van der Waals surface area contributed by atoms with E-state index in [0.29, 0.717) is 0 Å². The normalized spacial score (nSPS) is 14.0. The van der Waals surface area contributed by atoms with E-state index < -0.39 is 0 Å². The second-order valence-corrected chi connectivity index (χ2v) is 8.55. The van der Waals surface area contributed by atoms with Gasteiger partial charge < -0.3 is 14.8 Å². The number of carbonyl (C=O) groups is 1. The molecular weight excluding hydrogens is 394 g/mol. The third kappa shape index (κ3) is 4.67. The molecule has 30 heavy (non-hydrogen) atoms. The van der Waals surface area contributed by atoms with E-state index in [1.165, 1.54) is 36.7 Å². The summed E-state index contributed by atoms with van der Waals surface area (Å²) in [5, 5.41) is 12.3. The van der Waals surface area contributed by atoms with Crippen molar-refractivity contribution in [2.24, 2.45) is 7.05 Å². The largest absolute Gasteiger partial charge is 0.372 e. The molecule has 0 aliphatic carbocycles. The molecule has 1 N–H and O–H groups in total. The van der Waals surface area contributed by atoms with E-state index in [0.717, 1.165) is 40.9 Å². The summed E-state index contributed by atoms with van der Waals surface area (Å²) in [6, 6.07) is 16.2. The Hall–Kier alpha value is -2.80. The summed E-state index contributed by atoms with van der Waals surface area (Å²) in [5.41, 5.74) is 4.25. The molecule has 1 fully saturated rings. The molecule has 7 heteroatoms. The highest BCUT2D eigenvalue weighted by atomic mass is 32.2. The van der Waals surface area contributed by atoms with Crippen molar-refractivity contribution in [1.82, 2.24) is 14.8 Å². The Balaban J connectivity index is 1.33. The number of carbonyl (C=O) groups excluding carboxylic acids is 1. The lowest BCUT2D eigenvalue weighted by atomic mass is 10.1. The second kappa shape index (κ2) is 9.34. The summed E-state index contributed by atoms with van der Waals surface area (Å²) in [6.45, 7) is 4.29. The first-order valence-corrected chi connectivity index (χ1v) is 11.3. The first kappa shape index (κ1) is 20.5. The lowest BCUT2D eigenvalue weighted by molar-refractivity contribution is -0.113. The van der Waals surface area contributed by atoms with Crippen molar-refractivity contribution < 1.29 is 4.79 Å². The predicted octanol–water partition coefficient (Wildman–Crippen LogP) is 4.51. The van der Waals surface area contributed by atoms with Gasteiger partial charge in [0.25, 0.3) is 0 Å². The molecule has 0 atom stereocenters. The maximum Gasteiger partial charge on any atom is 0.234 e. The number of aryl methyl sites for hydroxylation is 1. The molecule has 1 amide bonds. The third-order valence-electron chi connectivity index (χ3n) is 5.43. The number of thioether (sulfide) groups is 1. The van der Waals surface area contributed by atoms with Crippen molar-refractivity contribution in [2.45, 2.75) is 31.3 Å². The highest BCUT2D eigenvalue weighted by molar-refractivity contribution is 7.99. The van der Waals surface area contributed by atoms with Crippen molar-refractivity contribution in [3.8, 4) is 11.4 Å². The van der Waals surface area contributed by atoms with E-state index in [1.54, 1.807) is 0 Å². The minimum Gasteiger partial charge on any atom is -0.372 e. The lowest BCUT2D eigenvalue weighted by Crippen LogP contribution is -2.29. The zero-order valence-electron chi connectivity index (χ0n) is 17.5. The quantitative estimate of drug-likeness (QED) is 0.593. The minimum atomic E-state index is -0.0498. The molecule has 0 bridgehead atoms. The Labute approximate surface area is 181 Å². The van der Waals surface area contributed by atoms with Crippen LogP contribution in [0.1, 0.15) is 24.8 Å². The molecule has 4 rings (SSSR count). The zero-order chi connectivity index (χ0) is 20.9. The van der Waals surface area contributed by atoms with Crippen molar-refractivity contribution in [2.75, 3.05) is 29.1 Å². The van der Waals surface area contributed by atoms with Gasteiger partial charge in [0.2, 0.25) is 5.91 Å². The average Bonchev–Trinajstić information content (AvgIpc) is 3.14. The Bertz CT molecular complexity index is 1010. The summed E-state index contributed by atoms with van der Waals surface area (Å²) in [6.07, 6.45) is 3.83. The van der Waals surface area contributed by atoms with Gasteiger partial charge in [-0.25, -0.2) is 0 Å². The monoisotopic (exact) mass is 421 g/mol. The third-order valence-corrected chi connectivity index (χ3v) is 6.45. The summed E-state index contributed by atoms with van der Waals surface area (Å²) >= 11 is 1.39.